The molecular weight excluding hydrogens is 380 g/mol. The molecule has 156 valence electrons. The van der Waals surface area contributed by atoms with Gasteiger partial charge in [0.25, 0.3) is 5.91 Å². The quantitative estimate of drug-likeness (QED) is 0.413. The van der Waals surface area contributed by atoms with Crippen molar-refractivity contribution in [3.63, 3.8) is 0 Å². The summed E-state index contributed by atoms with van der Waals surface area (Å²) in [7, 11) is 3.28. The van der Waals surface area contributed by atoms with Gasteiger partial charge in [-0.1, -0.05) is 50.2 Å². The molecule has 0 aromatic heterocycles. The molecule has 1 aliphatic rings. The van der Waals surface area contributed by atoms with E-state index in [1.807, 2.05) is 48.5 Å². The third-order valence-corrected chi connectivity index (χ3v) is 5.77. The Kier molecular flexibility index (Phi) is 6.06. The molecule has 6 nitrogen and oxygen atoms in total. The highest BCUT2D eigenvalue weighted by molar-refractivity contribution is 6.31. The number of ether oxygens (including phenoxy) is 1. The van der Waals surface area contributed by atoms with Crippen LogP contribution in [0.4, 0.5) is 11.4 Å². The lowest BCUT2D eigenvalue weighted by Gasteiger charge is -2.37. The second-order valence-electron chi connectivity index (χ2n) is 7.28. The fourth-order valence-corrected chi connectivity index (χ4v) is 3.66. The van der Waals surface area contributed by atoms with Gasteiger partial charge in [0.2, 0.25) is 5.88 Å². The van der Waals surface area contributed by atoms with E-state index in [9.17, 15) is 14.4 Å². The summed E-state index contributed by atoms with van der Waals surface area (Å²) in [5.41, 5.74) is -0.138. The lowest BCUT2D eigenvalue weighted by molar-refractivity contribution is -0.159. The van der Waals surface area contributed by atoms with Crippen molar-refractivity contribution >= 4 is 29.0 Å². The Morgan fingerprint density at radius 2 is 1.37 bits per heavy atom. The van der Waals surface area contributed by atoms with Crippen molar-refractivity contribution in [1.29, 1.82) is 0 Å². The minimum Gasteiger partial charge on any atom is -0.408 e. The molecule has 0 saturated carbocycles. The van der Waals surface area contributed by atoms with E-state index in [1.54, 1.807) is 45.0 Å². The largest absolute Gasteiger partial charge is 0.408 e. The molecule has 2 aromatic carbocycles. The number of hydrogen-bond donors (Lipinski definition) is 0. The van der Waals surface area contributed by atoms with Crippen LogP contribution in [0, 0.1) is 5.41 Å². The number of para-hydroxylation sites is 2. The second-order valence-corrected chi connectivity index (χ2v) is 7.28. The van der Waals surface area contributed by atoms with Crippen LogP contribution in [0.15, 0.2) is 72.1 Å². The van der Waals surface area contributed by atoms with Crippen molar-refractivity contribution in [3.05, 3.63) is 72.1 Å². The van der Waals surface area contributed by atoms with Crippen molar-refractivity contribution in [3.8, 4) is 0 Å². The van der Waals surface area contributed by atoms with Crippen LogP contribution in [0.1, 0.15) is 26.7 Å². The summed E-state index contributed by atoms with van der Waals surface area (Å²) in [4.78, 5) is 43.0. The molecule has 1 aliphatic heterocycles. The van der Waals surface area contributed by atoms with Crippen LogP contribution in [0.2, 0.25) is 0 Å². The standard InChI is InChI=1S/C24H26N2O4/c1-5-24(6-2)20(27)19(21(28)25(3)17-13-9-7-10-14-17)22(30-23(24)29)26(4)18-15-11-8-12-16-18/h7-16H,5-6H2,1-4H3. The Labute approximate surface area is 176 Å². The summed E-state index contributed by atoms with van der Waals surface area (Å²) >= 11 is 0. The van der Waals surface area contributed by atoms with Crippen LogP contribution < -0.4 is 9.80 Å². The predicted octanol–water partition coefficient (Wildman–Crippen LogP) is 3.93. The highest BCUT2D eigenvalue weighted by Crippen LogP contribution is 2.40. The summed E-state index contributed by atoms with van der Waals surface area (Å²) in [6, 6.07) is 18.2. The summed E-state index contributed by atoms with van der Waals surface area (Å²) < 4.78 is 5.69. The zero-order valence-electron chi connectivity index (χ0n) is 17.7. The lowest BCUT2D eigenvalue weighted by atomic mass is 9.74. The maximum Gasteiger partial charge on any atom is 0.326 e. The van der Waals surface area contributed by atoms with E-state index in [2.05, 4.69) is 0 Å². The lowest BCUT2D eigenvalue weighted by Crippen LogP contribution is -2.50. The van der Waals surface area contributed by atoms with Gasteiger partial charge in [0.1, 0.15) is 11.0 Å². The van der Waals surface area contributed by atoms with Gasteiger partial charge in [0, 0.05) is 25.5 Å². The SMILES string of the molecule is CCC1(CC)C(=O)OC(N(C)c2ccccc2)=C(C(=O)N(C)c2ccccc2)C1=O. The highest BCUT2D eigenvalue weighted by atomic mass is 16.6. The minimum atomic E-state index is -1.36. The summed E-state index contributed by atoms with van der Waals surface area (Å²) in [6.45, 7) is 3.52. The van der Waals surface area contributed by atoms with Crippen molar-refractivity contribution < 1.29 is 19.1 Å². The van der Waals surface area contributed by atoms with Crippen LogP contribution >= 0.6 is 0 Å². The van der Waals surface area contributed by atoms with Crippen LogP contribution in [-0.2, 0) is 19.1 Å². The van der Waals surface area contributed by atoms with Gasteiger partial charge in [0.15, 0.2) is 5.78 Å². The fraction of sp³-hybridized carbons (Fsp3) is 0.292. The molecule has 0 unspecified atom stereocenters. The van der Waals surface area contributed by atoms with E-state index in [1.165, 1.54) is 4.90 Å². The molecule has 6 heteroatoms. The smallest absolute Gasteiger partial charge is 0.326 e. The highest BCUT2D eigenvalue weighted by Gasteiger charge is 2.53. The number of esters is 1. The molecule has 0 bridgehead atoms. The van der Waals surface area contributed by atoms with Crippen molar-refractivity contribution in [2.45, 2.75) is 26.7 Å². The van der Waals surface area contributed by atoms with Crippen molar-refractivity contribution in [2.24, 2.45) is 5.41 Å². The molecule has 0 atom stereocenters. The monoisotopic (exact) mass is 406 g/mol. The number of nitrogens with zero attached hydrogens (tertiary/aromatic N) is 2. The number of carbonyl (C=O) groups excluding carboxylic acids is 3. The third-order valence-electron chi connectivity index (χ3n) is 5.77. The Bertz CT molecular complexity index is 979. The van der Waals surface area contributed by atoms with E-state index < -0.39 is 23.1 Å². The Morgan fingerprint density at radius 1 is 0.867 bits per heavy atom. The molecule has 0 aliphatic carbocycles. The first-order valence-electron chi connectivity index (χ1n) is 10.0. The Morgan fingerprint density at radius 3 is 1.87 bits per heavy atom. The first kappa shape index (κ1) is 21.3. The van der Waals surface area contributed by atoms with Gasteiger partial charge in [-0.25, -0.2) is 0 Å². The number of carbonyl (C=O) groups is 3. The summed E-state index contributed by atoms with van der Waals surface area (Å²) in [6.07, 6.45) is 0.519. The van der Waals surface area contributed by atoms with Gasteiger partial charge < -0.3 is 14.5 Å². The van der Waals surface area contributed by atoms with Crippen LogP contribution in [-0.4, -0.2) is 31.8 Å². The third kappa shape index (κ3) is 3.49. The zero-order valence-corrected chi connectivity index (χ0v) is 17.7. The maximum atomic E-state index is 13.6. The topological polar surface area (TPSA) is 66.9 Å². The van der Waals surface area contributed by atoms with Crippen LogP contribution in [0.25, 0.3) is 0 Å². The summed E-state index contributed by atoms with van der Waals surface area (Å²) in [5.74, 6) is -1.66. The average Bonchev–Trinajstić information content (AvgIpc) is 2.79. The van der Waals surface area contributed by atoms with Crippen molar-refractivity contribution in [2.75, 3.05) is 23.9 Å². The normalized spacial score (nSPS) is 15.6. The molecule has 2 aromatic rings. The molecule has 0 saturated heterocycles. The van der Waals surface area contributed by atoms with E-state index in [-0.39, 0.29) is 24.3 Å². The van der Waals surface area contributed by atoms with E-state index in [4.69, 9.17) is 4.74 Å². The van der Waals surface area contributed by atoms with E-state index >= 15 is 0 Å². The number of benzene rings is 2. The average molecular weight is 406 g/mol. The molecule has 0 spiro atoms. The Hall–Kier alpha value is -3.41. The predicted molar refractivity (Wildman–Crippen MR) is 116 cm³/mol. The number of amides is 1. The summed E-state index contributed by atoms with van der Waals surface area (Å²) in [5, 5.41) is 0. The maximum absolute atomic E-state index is 13.6. The van der Waals surface area contributed by atoms with Gasteiger partial charge in [-0.3, -0.25) is 14.4 Å². The number of hydrogen-bond acceptors (Lipinski definition) is 5. The molecule has 30 heavy (non-hydrogen) atoms. The number of anilines is 2. The molecule has 0 radical (unpaired) electrons. The van der Waals surface area contributed by atoms with Crippen LogP contribution in [0.5, 0.6) is 0 Å². The van der Waals surface area contributed by atoms with Crippen molar-refractivity contribution in [1.82, 2.24) is 0 Å². The zero-order chi connectivity index (χ0) is 21.9. The van der Waals surface area contributed by atoms with Gasteiger partial charge in [-0.2, -0.15) is 0 Å². The minimum absolute atomic E-state index is 0.0403. The Balaban J connectivity index is 2.17. The first-order chi connectivity index (χ1) is 14.4. The number of ketones is 1. The van der Waals surface area contributed by atoms with Gasteiger partial charge in [-0.15, -0.1) is 0 Å². The van der Waals surface area contributed by atoms with Gasteiger partial charge >= 0.3 is 5.97 Å². The molecule has 3 rings (SSSR count). The number of likely N-dealkylation sites (N-methyl/N-ethyl adjacent to an activating group) is 1. The fourth-order valence-electron chi connectivity index (χ4n) is 3.66. The van der Waals surface area contributed by atoms with Crippen LogP contribution in [0.3, 0.4) is 0 Å². The molecular formula is C24H26N2O4. The first-order valence-corrected chi connectivity index (χ1v) is 10.0. The van der Waals surface area contributed by atoms with E-state index in [0.29, 0.717) is 11.4 Å². The van der Waals surface area contributed by atoms with Gasteiger partial charge in [0.05, 0.1) is 0 Å². The number of cyclic esters (lactones) is 1. The molecule has 0 N–H and O–H groups in total. The second kappa shape index (κ2) is 8.53. The number of Topliss-reactive ketones (excluding diaryl/α,β-unsaturated/α-hetero) is 1. The molecule has 1 heterocycles. The molecule has 1 amide bonds. The van der Waals surface area contributed by atoms with Gasteiger partial charge in [-0.05, 0) is 37.1 Å². The number of rotatable bonds is 6. The van der Waals surface area contributed by atoms with E-state index in [0.717, 1.165) is 0 Å². The molecule has 0 fully saturated rings.